The number of benzene rings is 1. The number of piperidine rings is 1. The third kappa shape index (κ3) is 13.2. The Kier molecular flexibility index (Phi) is 18.9. The molecule has 366 valence electrons. The van der Waals surface area contributed by atoms with E-state index >= 15 is 0 Å². The molecule has 4 bridgehead atoms. The van der Waals surface area contributed by atoms with Crippen molar-refractivity contribution < 1.29 is 58.1 Å². The van der Waals surface area contributed by atoms with E-state index in [1.807, 2.05) is 0 Å². The maximum Gasteiger partial charge on any atom is 0.329 e. The van der Waals surface area contributed by atoms with E-state index in [9.17, 15) is 53.4 Å². The highest BCUT2D eigenvalue weighted by Crippen LogP contribution is 2.30. The number of likely N-dealkylation sites (N-methyl/N-ethyl adjacent to an activating group) is 1. The zero-order valence-corrected chi connectivity index (χ0v) is 39.3. The number of hydrogen-bond acceptors (Lipinski definition) is 12. The van der Waals surface area contributed by atoms with Crippen LogP contribution in [0.25, 0.3) is 0 Å². The van der Waals surface area contributed by atoms with Gasteiger partial charge in [-0.1, -0.05) is 73.4 Å². The van der Waals surface area contributed by atoms with Crippen LogP contribution in [0.4, 0.5) is 0 Å². The summed E-state index contributed by atoms with van der Waals surface area (Å²) in [5.41, 5.74) is 5.95. The molecule has 20 nitrogen and oxygen atoms in total. The molecule has 4 saturated heterocycles. The van der Waals surface area contributed by atoms with Crippen LogP contribution < -0.4 is 32.3 Å². The van der Waals surface area contributed by atoms with Crippen molar-refractivity contribution in [3.63, 3.8) is 0 Å². The van der Waals surface area contributed by atoms with Gasteiger partial charge in [0, 0.05) is 25.8 Å². The van der Waals surface area contributed by atoms with Gasteiger partial charge in [0.25, 0.3) is 0 Å². The van der Waals surface area contributed by atoms with E-state index in [-0.39, 0.29) is 63.0 Å². The molecule has 0 saturated carbocycles. The molecule has 4 unspecified atom stereocenters. The number of fused-ring (bicyclic) bond motifs is 12. The predicted octanol–water partition coefficient (Wildman–Crippen LogP) is 0.254. The molecule has 4 aliphatic heterocycles. The average Bonchev–Trinajstić information content (AvgIpc) is 3.27. The van der Waals surface area contributed by atoms with Crippen LogP contribution in [-0.2, 0) is 54.3 Å². The number of aliphatic hydroxyl groups excluding tert-OH is 1. The van der Waals surface area contributed by atoms with Crippen molar-refractivity contribution in [3.05, 3.63) is 29.8 Å². The van der Waals surface area contributed by atoms with Crippen molar-refractivity contribution >= 4 is 53.2 Å². The minimum Gasteiger partial charge on any atom is -0.508 e. The van der Waals surface area contributed by atoms with Gasteiger partial charge in [-0.3, -0.25) is 38.4 Å². The van der Waals surface area contributed by atoms with Gasteiger partial charge in [-0.05, 0) is 74.0 Å². The summed E-state index contributed by atoms with van der Waals surface area (Å²) in [6, 6.07) is -3.54. The highest BCUT2D eigenvalue weighted by molar-refractivity contribution is 5.98. The van der Waals surface area contributed by atoms with E-state index in [2.05, 4.69) is 26.6 Å². The number of aromatic hydroxyl groups is 1. The Hall–Kier alpha value is -5.79. The van der Waals surface area contributed by atoms with Crippen molar-refractivity contribution in [2.24, 2.45) is 29.4 Å². The number of ether oxygens (including phenoxy) is 1. The molecule has 4 aliphatic rings. The molecule has 9 N–H and O–H groups in total. The SMILES string of the molecule is CCC(C)C(=O)N[C@@H](CCC(N)=O)C(=O)N[C@@H]1C(=O)N[C@@H](CC(C)C)C(=O)NC2CC[C@H](O)N(C2=O)[C@@H](C(C)CC)C(=O)N(C)[C@@H](Cc2ccc(O)cc2)C(=O)N[C@@H]2C(=O)O[C@@H]1CC2CC. The van der Waals surface area contributed by atoms with E-state index in [0.717, 1.165) is 4.90 Å². The molecule has 0 aromatic heterocycles. The minimum atomic E-state index is -1.68. The summed E-state index contributed by atoms with van der Waals surface area (Å²) >= 11 is 0. The first kappa shape index (κ1) is 52.8. The first-order valence-electron chi connectivity index (χ1n) is 23.2. The Labute approximate surface area is 386 Å². The number of carbonyl (C=O) groups is 9. The van der Waals surface area contributed by atoms with Crippen molar-refractivity contribution in [3.8, 4) is 5.75 Å². The summed E-state index contributed by atoms with van der Waals surface area (Å²) in [5.74, 6) is -9.03. The smallest absolute Gasteiger partial charge is 0.329 e. The number of esters is 1. The number of carbonyl (C=O) groups excluding carboxylic acids is 9. The molecule has 66 heavy (non-hydrogen) atoms. The first-order chi connectivity index (χ1) is 31.1. The highest BCUT2D eigenvalue weighted by atomic mass is 16.5. The van der Waals surface area contributed by atoms with Crippen molar-refractivity contribution in [2.75, 3.05) is 7.05 Å². The molecule has 1 aromatic carbocycles. The van der Waals surface area contributed by atoms with Crippen LogP contribution >= 0.6 is 0 Å². The molecule has 0 aliphatic carbocycles. The van der Waals surface area contributed by atoms with E-state index in [0.29, 0.717) is 18.4 Å². The number of rotatable bonds is 15. The fourth-order valence-electron chi connectivity index (χ4n) is 8.65. The molecule has 0 radical (unpaired) electrons. The Morgan fingerprint density at radius 2 is 1.55 bits per heavy atom. The van der Waals surface area contributed by atoms with Crippen molar-refractivity contribution in [2.45, 2.75) is 167 Å². The topological polar surface area (TPSA) is 296 Å². The molecular weight excluding hydrogens is 857 g/mol. The van der Waals surface area contributed by atoms with Gasteiger partial charge in [0.1, 0.15) is 60.4 Å². The molecule has 1 aromatic rings. The van der Waals surface area contributed by atoms with Gasteiger partial charge in [-0.25, -0.2) is 4.79 Å². The molecule has 12 atom stereocenters. The number of amides is 8. The van der Waals surface area contributed by atoms with Crippen LogP contribution in [0.15, 0.2) is 24.3 Å². The lowest BCUT2D eigenvalue weighted by atomic mass is 9.85. The molecule has 4 heterocycles. The summed E-state index contributed by atoms with van der Waals surface area (Å²) in [6.45, 7) is 12.3. The van der Waals surface area contributed by atoms with E-state index in [4.69, 9.17) is 10.5 Å². The maximum absolute atomic E-state index is 14.8. The van der Waals surface area contributed by atoms with E-state index in [1.165, 1.54) is 24.1 Å². The second-order valence-corrected chi connectivity index (χ2v) is 18.4. The predicted molar refractivity (Wildman–Crippen MR) is 239 cm³/mol. The number of aliphatic hydroxyl groups is 1. The summed E-state index contributed by atoms with van der Waals surface area (Å²) < 4.78 is 5.92. The van der Waals surface area contributed by atoms with Crippen molar-refractivity contribution in [1.29, 1.82) is 0 Å². The van der Waals surface area contributed by atoms with Crippen LogP contribution in [0, 0.1) is 23.7 Å². The normalized spacial score (nSPS) is 28.1. The summed E-state index contributed by atoms with van der Waals surface area (Å²) in [4.78, 5) is 128. The van der Waals surface area contributed by atoms with Crippen LogP contribution in [-0.4, -0.2) is 135 Å². The number of hydrogen-bond donors (Lipinski definition) is 8. The fraction of sp³-hybridized carbons (Fsp3) is 0.674. The molecule has 5 rings (SSSR count). The van der Waals surface area contributed by atoms with Crippen LogP contribution in [0.2, 0.25) is 0 Å². The van der Waals surface area contributed by atoms with Gasteiger partial charge in [0.05, 0.1) is 0 Å². The highest BCUT2D eigenvalue weighted by Gasteiger charge is 2.49. The Balaban J connectivity index is 1.87. The molecule has 0 spiro atoms. The third-order valence-corrected chi connectivity index (χ3v) is 13.1. The van der Waals surface area contributed by atoms with Gasteiger partial charge >= 0.3 is 5.97 Å². The zero-order chi connectivity index (χ0) is 49.2. The van der Waals surface area contributed by atoms with E-state index in [1.54, 1.807) is 60.6 Å². The Bertz CT molecular complexity index is 1950. The van der Waals surface area contributed by atoms with Gasteiger partial charge in [-0.15, -0.1) is 0 Å². The first-order valence-corrected chi connectivity index (χ1v) is 23.2. The lowest BCUT2D eigenvalue weighted by Gasteiger charge is -2.44. The molecule has 20 heteroatoms. The monoisotopic (exact) mass is 927 g/mol. The van der Waals surface area contributed by atoms with Gasteiger partial charge in [0.2, 0.25) is 47.3 Å². The number of nitrogens with one attached hydrogen (secondary N) is 5. The van der Waals surface area contributed by atoms with Crippen molar-refractivity contribution in [1.82, 2.24) is 36.4 Å². The minimum absolute atomic E-state index is 0.0146. The summed E-state index contributed by atoms with van der Waals surface area (Å²) in [6.07, 6.45) is -2.47. The second kappa shape index (κ2) is 23.6. The third-order valence-electron chi connectivity index (χ3n) is 13.1. The zero-order valence-electron chi connectivity index (χ0n) is 39.3. The number of primary amides is 1. The molecule has 4 fully saturated rings. The van der Waals surface area contributed by atoms with Crippen LogP contribution in [0.5, 0.6) is 5.75 Å². The van der Waals surface area contributed by atoms with Gasteiger partial charge in [0.15, 0.2) is 0 Å². The second-order valence-electron chi connectivity index (χ2n) is 18.4. The molecule has 8 amide bonds. The van der Waals surface area contributed by atoms with Crippen LogP contribution in [0.3, 0.4) is 0 Å². The number of phenols is 1. The average molecular weight is 927 g/mol. The standard InChI is InChI=1S/C46H70N8O12/c1-9-24(6)38-45(64)53(8)32(21-26-12-14-28(55)15-13-26)42(61)51-36-27(11-3)22-33(66-46(36)65)37(52-40(59)29(16-18-34(47)56)48-39(58)25(7)10-2)43(62)50-31(20-23(4)5)41(60)49-30-17-19-35(57)54(38)44(30)63/h12-15,23-25,27,29-33,35-38,55,57H,9-11,16-22H2,1-8H3,(H2,47,56)(H,48,58)(H,49,60)(H,50,62)(H,51,61)(H,52,59)/t24?,25?,27?,29-,30?,31-,32-,33+,35-,36-,37-,38-/m0/s1. The number of phenolic OH excluding ortho intramolecular Hbond substituents is 1. The number of nitrogens with two attached hydrogens (primary N) is 1. The fourth-order valence-corrected chi connectivity index (χ4v) is 8.65. The quantitative estimate of drug-likeness (QED) is 0.110. The van der Waals surface area contributed by atoms with Gasteiger partial charge in [-0.2, -0.15) is 0 Å². The Morgan fingerprint density at radius 3 is 2.14 bits per heavy atom. The van der Waals surface area contributed by atoms with Gasteiger partial charge < -0.3 is 57.1 Å². The Morgan fingerprint density at radius 1 is 0.879 bits per heavy atom. The number of nitrogens with zero attached hydrogens (tertiary/aromatic N) is 2. The maximum atomic E-state index is 14.8. The lowest BCUT2D eigenvalue weighted by molar-refractivity contribution is -0.169. The van der Waals surface area contributed by atoms with Crippen LogP contribution in [0.1, 0.15) is 112 Å². The van der Waals surface area contributed by atoms with E-state index < -0.39 is 126 Å². The summed E-state index contributed by atoms with van der Waals surface area (Å²) in [5, 5.41) is 34.9. The summed E-state index contributed by atoms with van der Waals surface area (Å²) in [7, 11) is 1.39. The molecular formula is C46H70N8O12. The lowest BCUT2D eigenvalue weighted by Crippen LogP contribution is -2.66. The largest absolute Gasteiger partial charge is 0.508 e.